The molecule has 0 saturated carbocycles. The summed E-state index contributed by atoms with van der Waals surface area (Å²) >= 11 is 0. The van der Waals surface area contributed by atoms with Crippen molar-refractivity contribution in [3.63, 3.8) is 0 Å². The molecule has 0 bridgehead atoms. The van der Waals surface area contributed by atoms with E-state index in [1.165, 1.54) is 6.33 Å². The van der Waals surface area contributed by atoms with Crippen molar-refractivity contribution in [2.45, 2.75) is 20.8 Å². The van der Waals surface area contributed by atoms with Crippen LogP contribution < -0.4 is 10.6 Å². The summed E-state index contributed by atoms with van der Waals surface area (Å²) in [6.07, 6.45) is 0.572. The van der Waals surface area contributed by atoms with E-state index in [1.54, 1.807) is 19.1 Å². The number of rotatable bonds is 3. The molecule has 2 N–H and O–H groups in total. The molecule has 3 aromatic rings. The second kappa shape index (κ2) is 9.04. The highest BCUT2D eigenvalue weighted by atomic mass is 16.1. The van der Waals surface area contributed by atoms with Crippen LogP contribution in [0.4, 0.5) is 17.2 Å². The quantitative estimate of drug-likeness (QED) is 0.552. The predicted octanol–water partition coefficient (Wildman–Crippen LogP) is 4.34. The fourth-order valence-corrected chi connectivity index (χ4v) is 2.26. The van der Waals surface area contributed by atoms with Gasteiger partial charge in [-0.2, -0.15) is 0 Å². The summed E-state index contributed by atoms with van der Waals surface area (Å²) in [5.74, 6) is 6.32. The van der Waals surface area contributed by atoms with E-state index in [0.717, 1.165) is 11.1 Å². The monoisotopic (exact) mass is 334 g/mol. The summed E-state index contributed by atoms with van der Waals surface area (Å²) in [6.45, 7) is 5.71. The second-order valence-corrected chi connectivity index (χ2v) is 4.73. The van der Waals surface area contributed by atoms with Crippen LogP contribution in [0.15, 0.2) is 48.8 Å². The molecule has 5 nitrogen and oxygen atoms in total. The lowest BCUT2D eigenvalue weighted by molar-refractivity contribution is -0.105. The SMILES string of the molecule is CC.[3H]C(=O)Nc1cc2c(Nc3ccccc3)ncnc2cc1C#CC. The molecule has 0 unspecified atom stereocenters. The number of nitrogens with one attached hydrogen (secondary N) is 2. The number of anilines is 3. The van der Waals surface area contributed by atoms with Crippen LogP contribution in [-0.4, -0.2) is 16.4 Å². The van der Waals surface area contributed by atoms with Crippen LogP contribution in [0.3, 0.4) is 0 Å². The highest BCUT2D eigenvalue weighted by molar-refractivity contribution is 5.96. The van der Waals surface area contributed by atoms with Gasteiger partial charge in [-0.1, -0.05) is 38.0 Å². The zero-order valence-electron chi connectivity index (χ0n) is 15.4. The van der Waals surface area contributed by atoms with Gasteiger partial charge in [0, 0.05) is 11.1 Å². The third-order valence-corrected chi connectivity index (χ3v) is 3.26. The molecule has 126 valence electrons. The van der Waals surface area contributed by atoms with E-state index in [-0.39, 0.29) is 0 Å². The topological polar surface area (TPSA) is 66.9 Å². The number of carbonyl (C=O) groups excluding carboxylic acids is 1. The van der Waals surface area contributed by atoms with Crippen LogP contribution in [-0.2, 0) is 4.79 Å². The van der Waals surface area contributed by atoms with Crippen LogP contribution >= 0.6 is 0 Å². The summed E-state index contributed by atoms with van der Waals surface area (Å²) in [4.78, 5) is 19.7. The summed E-state index contributed by atoms with van der Waals surface area (Å²) in [6, 6.07) is 13.1. The van der Waals surface area contributed by atoms with E-state index < -0.39 is 6.39 Å². The summed E-state index contributed by atoms with van der Waals surface area (Å²) in [5, 5.41) is 6.44. The van der Waals surface area contributed by atoms with E-state index in [1.807, 2.05) is 44.2 Å². The van der Waals surface area contributed by atoms with E-state index in [9.17, 15) is 4.79 Å². The van der Waals surface area contributed by atoms with Crippen LogP contribution in [0.1, 0.15) is 27.7 Å². The molecule has 25 heavy (non-hydrogen) atoms. The van der Waals surface area contributed by atoms with Crippen LogP contribution in [0, 0.1) is 11.8 Å². The number of amides is 1. The van der Waals surface area contributed by atoms with Gasteiger partial charge in [0.2, 0.25) is 6.39 Å². The number of hydrogen-bond donors (Lipinski definition) is 2. The zero-order valence-corrected chi connectivity index (χ0v) is 14.4. The molecular formula is C20H20N4O. The summed E-state index contributed by atoms with van der Waals surface area (Å²) in [7, 11) is 0. The van der Waals surface area contributed by atoms with E-state index in [0.29, 0.717) is 22.6 Å². The highest BCUT2D eigenvalue weighted by Gasteiger charge is 2.09. The molecular weight excluding hydrogens is 312 g/mol. The van der Waals surface area contributed by atoms with Gasteiger partial charge in [-0.25, -0.2) is 9.97 Å². The van der Waals surface area contributed by atoms with Gasteiger partial charge in [-0.15, -0.1) is 5.92 Å². The minimum Gasteiger partial charge on any atom is -0.340 e. The zero-order chi connectivity index (χ0) is 18.9. The molecule has 0 saturated heterocycles. The summed E-state index contributed by atoms with van der Waals surface area (Å²) < 4.78 is 7.14. The fraction of sp³-hybridized carbons (Fsp3) is 0.150. The van der Waals surface area contributed by atoms with Crippen molar-refractivity contribution in [1.29, 1.82) is 0 Å². The van der Waals surface area contributed by atoms with Crippen molar-refractivity contribution < 1.29 is 6.17 Å². The Morgan fingerprint density at radius 2 is 1.92 bits per heavy atom. The lowest BCUT2D eigenvalue weighted by Gasteiger charge is -2.10. The van der Waals surface area contributed by atoms with E-state index in [2.05, 4.69) is 32.4 Å². The molecule has 1 heterocycles. The Morgan fingerprint density at radius 1 is 1.16 bits per heavy atom. The van der Waals surface area contributed by atoms with Crippen molar-refractivity contribution in [3.05, 3.63) is 54.4 Å². The standard InChI is InChI=1S/C18H14N4O.C2H6/c1-2-6-13-9-17-15(10-16(13)21-12-23)18(20-11-19-17)22-14-7-4-3-5-8-14;1-2/h3-5,7-12H,1H3,(H,21,23)(H,19,20,22);1-2H3/i12T;. The Labute approximate surface area is 148 Å². The van der Waals surface area contributed by atoms with Gasteiger partial charge in [-0.05, 0) is 31.2 Å². The van der Waals surface area contributed by atoms with Crippen molar-refractivity contribution in [3.8, 4) is 11.8 Å². The minimum atomic E-state index is -0.900. The molecule has 0 aliphatic carbocycles. The molecule has 2 aromatic carbocycles. The Hall–Kier alpha value is -3.39. The first-order chi connectivity index (χ1) is 12.7. The third-order valence-electron chi connectivity index (χ3n) is 3.26. The number of nitrogens with zero attached hydrogens (tertiary/aromatic N) is 2. The third kappa shape index (κ3) is 4.33. The lowest BCUT2D eigenvalue weighted by atomic mass is 10.1. The largest absolute Gasteiger partial charge is 0.340 e. The maximum atomic E-state index is 11.1. The maximum absolute atomic E-state index is 11.1. The molecule has 5 heteroatoms. The lowest BCUT2D eigenvalue weighted by Crippen LogP contribution is -2.00. The van der Waals surface area contributed by atoms with Gasteiger partial charge in [0.25, 0.3) is 0 Å². The normalized spacial score (nSPS) is 9.80. The Morgan fingerprint density at radius 3 is 2.60 bits per heavy atom. The van der Waals surface area contributed by atoms with Crippen molar-refractivity contribution in [2.75, 3.05) is 10.6 Å². The molecule has 3 rings (SSSR count). The second-order valence-electron chi connectivity index (χ2n) is 4.73. The van der Waals surface area contributed by atoms with Crippen molar-refractivity contribution in [1.82, 2.24) is 9.97 Å². The number of fused-ring (bicyclic) bond motifs is 1. The van der Waals surface area contributed by atoms with Crippen molar-refractivity contribution in [2.24, 2.45) is 0 Å². The highest BCUT2D eigenvalue weighted by Crippen LogP contribution is 2.28. The average Bonchev–Trinajstić information content (AvgIpc) is 2.65. The van der Waals surface area contributed by atoms with Crippen LogP contribution in [0.5, 0.6) is 0 Å². The average molecular weight is 334 g/mol. The molecule has 0 fully saturated rings. The molecule has 0 spiro atoms. The van der Waals surface area contributed by atoms with Crippen LogP contribution in [0.25, 0.3) is 10.9 Å². The van der Waals surface area contributed by atoms with Gasteiger partial charge in [0.15, 0.2) is 0 Å². The predicted molar refractivity (Wildman–Crippen MR) is 103 cm³/mol. The van der Waals surface area contributed by atoms with Gasteiger partial charge in [0.1, 0.15) is 13.5 Å². The molecule has 0 atom stereocenters. The Balaban J connectivity index is 0.00000117. The van der Waals surface area contributed by atoms with E-state index >= 15 is 0 Å². The maximum Gasteiger partial charge on any atom is 0.211 e. The van der Waals surface area contributed by atoms with Crippen molar-refractivity contribution >= 4 is 34.5 Å². The molecule has 0 radical (unpaired) electrons. The smallest absolute Gasteiger partial charge is 0.211 e. The number of hydrogen-bond acceptors (Lipinski definition) is 4. The van der Waals surface area contributed by atoms with Gasteiger partial charge >= 0.3 is 0 Å². The first-order valence-corrected chi connectivity index (χ1v) is 7.98. The fourth-order valence-electron chi connectivity index (χ4n) is 2.26. The first kappa shape index (κ1) is 16.5. The molecule has 0 aliphatic rings. The first-order valence-electron chi connectivity index (χ1n) is 8.48. The van der Waals surface area contributed by atoms with Crippen LogP contribution in [0.2, 0.25) is 0 Å². The number of carbonyl (C=O) groups is 1. The molecule has 0 aliphatic heterocycles. The molecule has 1 amide bonds. The van der Waals surface area contributed by atoms with Gasteiger partial charge < -0.3 is 10.6 Å². The summed E-state index contributed by atoms with van der Waals surface area (Å²) in [5.41, 5.74) is 2.66. The Kier molecular flexibility index (Phi) is 5.95. The number of benzene rings is 2. The number of aromatic nitrogens is 2. The minimum absolute atomic E-state index is 0.461. The van der Waals surface area contributed by atoms with Gasteiger partial charge in [0.05, 0.1) is 16.8 Å². The molecule has 1 aromatic heterocycles. The number of para-hydroxylation sites is 1. The van der Waals surface area contributed by atoms with E-state index in [4.69, 9.17) is 1.37 Å². The van der Waals surface area contributed by atoms with Gasteiger partial charge in [-0.3, -0.25) is 4.79 Å². The Bertz CT molecular complexity index is 962.